The monoisotopic (exact) mass is 268 g/mol. The average Bonchev–Trinajstić information content (AvgIpc) is 2.42. The highest BCUT2D eigenvalue weighted by Crippen LogP contribution is 2.16. The Kier molecular flexibility index (Phi) is 4.08. The van der Waals surface area contributed by atoms with Gasteiger partial charge in [0, 0.05) is 11.3 Å². The molecule has 0 heterocycles. The van der Waals surface area contributed by atoms with Crippen LogP contribution in [0.3, 0.4) is 0 Å². The van der Waals surface area contributed by atoms with Gasteiger partial charge in [0.05, 0.1) is 6.04 Å². The van der Waals surface area contributed by atoms with Crippen LogP contribution in [0.5, 0.6) is 0 Å². The molecule has 0 spiro atoms. The molecule has 0 aliphatic rings. The molecule has 104 valence electrons. The molecule has 2 aromatic carbocycles. The number of nitrogen functional groups attached to an aromatic ring is 1. The Bertz CT molecular complexity index is 617. The van der Waals surface area contributed by atoms with Gasteiger partial charge in [-0.25, -0.2) is 0 Å². The first-order chi connectivity index (χ1) is 9.47. The maximum absolute atomic E-state index is 12.2. The van der Waals surface area contributed by atoms with Crippen LogP contribution in [-0.2, 0) is 0 Å². The van der Waals surface area contributed by atoms with Crippen LogP contribution in [0.1, 0.15) is 40.0 Å². The first kappa shape index (κ1) is 14.1. The molecule has 0 radical (unpaired) electrons. The number of benzene rings is 2. The highest BCUT2D eigenvalue weighted by Gasteiger charge is 2.11. The molecule has 0 bridgehead atoms. The zero-order valence-corrected chi connectivity index (χ0v) is 12.1. The van der Waals surface area contributed by atoms with E-state index in [1.54, 1.807) is 12.1 Å². The van der Waals surface area contributed by atoms with E-state index in [-0.39, 0.29) is 11.9 Å². The number of hydrogen-bond donors (Lipinski definition) is 2. The highest BCUT2D eigenvalue weighted by molar-refractivity contribution is 5.95. The Hall–Kier alpha value is -2.29. The zero-order valence-electron chi connectivity index (χ0n) is 12.1. The summed E-state index contributed by atoms with van der Waals surface area (Å²) in [5.41, 5.74) is 10.3. The minimum atomic E-state index is -0.107. The second-order valence-electron chi connectivity index (χ2n) is 5.18. The lowest BCUT2D eigenvalue weighted by Gasteiger charge is -2.15. The maximum Gasteiger partial charge on any atom is 0.251 e. The summed E-state index contributed by atoms with van der Waals surface area (Å²) in [6.07, 6.45) is 0. The van der Waals surface area contributed by atoms with Crippen molar-refractivity contribution >= 4 is 11.6 Å². The lowest BCUT2D eigenvalue weighted by molar-refractivity contribution is 0.0940. The molecule has 0 unspecified atom stereocenters. The van der Waals surface area contributed by atoms with E-state index in [4.69, 9.17) is 5.73 Å². The Morgan fingerprint density at radius 3 is 2.35 bits per heavy atom. The first-order valence-electron chi connectivity index (χ1n) is 6.71. The molecule has 1 atom stereocenters. The molecule has 0 aliphatic heterocycles. The number of carbonyl (C=O) groups is 1. The van der Waals surface area contributed by atoms with E-state index in [2.05, 4.69) is 5.32 Å². The molecule has 1 amide bonds. The first-order valence-corrected chi connectivity index (χ1v) is 6.71. The molecular formula is C17H20N2O. The topological polar surface area (TPSA) is 55.1 Å². The number of rotatable bonds is 3. The van der Waals surface area contributed by atoms with Crippen molar-refractivity contribution in [1.29, 1.82) is 0 Å². The van der Waals surface area contributed by atoms with Crippen LogP contribution >= 0.6 is 0 Å². The minimum absolute atomic E-state index is 0.0365. The third-order valence-electron chi connectivity index (χ3n) is 3.47. The van der Waals surface area contributed by atoms with Gasteiger partial charge >= 0.3 is 0 Å². The van der Waals surface area contributed by atoms with Crippen molar-refractivity contribution in [2.75, 3.05) is 5.73 Å². The molecule has 2 aromatic rings. The summed E-state index contributed by atoms with van der Waals surface area (Å²) in [7, 11) is 0. The molecule has 0 fully saturated rings. The fourth-order valence-electron chi connectivity index (χ4n) is 2.00. The Morgan fingerprint density at radius 1 is 1.10 bits per heavy atom. The van der Waals surface area contributed by atoms with Crippen LogP contribution in [0.2, 0.25) is 0 Å². The van der Waals surface area contributed by atoms with Crippen LogP contribution in [0.4, 0.5) is 5.69 Å². The van der Waals surface area contributed by atoms with Crippen LogP contribution < -0.4 is 11.1 Å². The van der Waals surface area contributed by atoms with E-state index in [0.717, 1.165) is 11.1 Å². The maximum atomic E-state index is 12.2. The standard InChI is InChI=1S/C17H20N2O/c1-11-4-7-14(8-5-11)13(3)19-17(20)15-9-6-12(2)16(18)10-15/h4-10,13H,18H2,1-3H3,(H,19,20)/t13-/m1/s1. The summed E-state index contributed by atoms with van der Waals surface area (Å²) >= 11 is 0. The van der Waals surface area contributed by atoms with Crippen molar-refractivity contribution in [2.45, 2.75) is 26.8 Å². The number of carbonyl (C=O) groups excluding carboxylic acids is 1. The molecule has 0 aromatic heterocycles. The SMILES string of the molecule is Cc1ccc([C@@H](C)NC(=O)c2ccc(C)c(N)c2)cc1. The zero-order chi connectivity index (χ0) is 14.7. The molecule has 20 heavy (non-hydrogen) atoms. The van der Waals surface area contributed by atoms with E-state index in [0.29, 0.717) is 11.3 Å². The summed E-state index contributed by atoms with van der Waals surface area (Å²) in [5.74, 6) is -0.107. The molecule has 3 nitrogen and oxygen atoms in total. The van der Waals surface area contributed by atoms with E-state index < -0.39 is 0 Å². The average molecular weight is 268 g/mol. The predicted molar refractivity (Wildman–Crippen MR) is 82.7 cm³/mol. The Labute approximate surface area is 119 Å². The predicted octanol–water partition coefficient (Wildman–Crippen LogP) is 3.38. The fourth-order valence-corrected chi connectivity index (χ4v) is 2.00. The molecule has 0 saturated carbocycles. The van der Waals surface area contributed by atoms with Gasteiger partial charge in [-0.2, -0.15) is 0 Å². The van der Waals surface area contributed by atoms with Crippen molar-refractivity contribution in [1.82, 2.24) is 5.32 Å². The normalized spacial score (nSPS) is 11.9. The van der Waals surface area contributed by atoms with E-state index >= 15 is 0 Å². The molecule has 0 saturated heterocycles. The number of anilines is 1. The van der Waals surface area contributed by atoms with Crippen molar-refractivity contribution in [3.05, 3.63) is 64.7 Å². The molecular weight excluding hydrogens is 248 g/mol. The largest absolute Gasteiger partial charge is 0.398 e. The molecule has 0 aliphatic carbocycles. The third-order valence-corrected chi connectivity index (χ3v) is 3.47. The highest BCUT2D eigenvalue weighted by atomic mass is 16.1. The van der Waals surface area contributed by atoms with Gasteiger partial charge in [-0.05, 0) is 44.0 Å². The van der Waals surface area contributed by atoms with Crippen LogP contribution in [0.25, 0.3) is 0 Å². The molecule has 3 N–H and O–H groups in total. The van der Waals surface area contributed by atoms with Crippen molar-refractivity contribution in [3.63, 3.8) is 0 Å². The summed E-state index contributed by atoms with van der Waals surface area (Å²) in [6.45, 7) is 5.94. The van der Waals surface area contributed by atoms with Crippen molar-refractivity contribution in [3.8, 4) is 0 Å². The quantitative estimate of drug-likeness (QED) is 0.838. The van der Waals surface area contributed by atoms with Crippen LogP contribution in [0.15, 0.2) is 42.5 Å². The summed E-state index contributed by atoms with van der Waals surface area (Å²) in [5, 5.41) is 2.98. The van der Waals surface area contributed by atoms with Gasteiger partial charge in [-0.3, -0.25) is 4.79 Å². The lowest BCUT2D eigenvalue weighted by Crippen LogP contribution is -2.26. The third kappa shape index (κ3) is 3.18. The second-order valence-corrected chi connectivity index (χ2v) is 5.18. The van der Waals surface area contributed by atoms with Crippen LogP contribution in [0, 0.1) is 13.8 Å². The van der Waals surface area contributed by atoms with E-state index in [1.165, 1.54) is 5.56 Å². The second kappa shape index (κ2) is 5.78. The van der Waals surface area contributed by atoms with Crippen molar-refractivity contribution < 1.29 is 4.79 Å². The lowest BCUT2D eigenvalue weighted by atomic mass is 10.1. The number of nitrogens with one attached hydrogen (secondary N) is 1. The smallest absolute Gasteiger partial charge is 0.251 e. The minimum Gasteiger partial charge on any atom is -0.398 e. The summed E-state index contributed by atoms with van der Waals surface area (Å²) in [6, 6.07) is 13.5. The summed E-state index contributed by atoms with van der Waals surface area (Å²) in [4.78, 5) is 12.2. The number of aryl methyl sites for hydroxylation is 2. The van der Waals surface area contributed by atoms with Gasteiger partial charge in [0.25, 0.3) is 5.91 Å². The Morgan fingerprint density at radius 2 is 1.75 bits per heavy atom. The Balaban J connectivity index is 2.10. The van der Waals surface area contributed by atoms with E-state index in [1.807, 2.05) is 51.1 Å². The van der Waals surface area contributed by atoms with Crippen molar-refractivity contribution in [2.24, 2.45) is 0 Å². The molecule has 3 heteroatoms. The van der Waals surface area contributed by atoms with Gasteiger partial charge in [-0.15, -0.1) is 0 Å². The van der Waals surface area contributed by atoms with Gasteiger partial charge in [-0.1, -0.05) is 35.9 Å². The summed E-state index contributed by atoms with van der Waals surface area (Å²) < 4.78 is 0. The molecule has 2 rings (SSSR count). The van der Waals surface area contributed by atoms with Gasteiger partial charge in [0.2, 0.25) is 0 Å². The van der Waals surface area contributed by atoms with Gasteiger partial charge in [0.1, 0.15) is 0 Å². The fraction of sp³-hybridized carbons (Fsp3) is 0.235. The number of hydrogen-bond acceptors (Lipinski definition) is 2. The van der Waals surface area contributed by atoms with Crippen LogP contribution in [-0.4, -0.2) is 5.91 Å². The van der Waals surface area contributed by atoms with Gasteiger partial charge in [0.15, 0.2) is 0 Å². The van der Waals surface area contributed by atoms with Gasteiger partial charge < -0.3 is 11.1 Å². The number of amides is 1. The number of nitrogens with two attached hydrogens (primary N) is 1. The van der Waals surface area contributed by atoms with E-state index in [9.17, 15) is 4.79 Å².